The zero-order valence-electron chi connectivity index (χ0n) is 19.6. The van der Waals surface area contributed by atoms with Crippen molar-refractivity contribution in [3.8, 4) is 11.5 Å². The molecule has 0 atom stereocenters. The summed E-state index contributed by atoms with van der Waals surface area (Å²) in [5, 5.41) is 3.74. The van der Waals surface area contributed by atoms with Crippen LogP contribution in [0, 0.1) is 0 Å². The molecule has 4 rings (SSSR count). The SMILES string of the molecule is CN(C)CCCNC(=O)COc1cc2c(c3oc(=O)c4c(c13)CCCC4)CCC(C)(C)O2. The lowest BCUT2D eigenvalue weighted by Crippen LogP contribution is -2.33. The zero-order chi connectivity index (χ0) is 22.9. The number of carbonyl (C=O) groups is 1. The van der Waals surface area contributed by atoms with Crippen molar-refractivity contribution in [1.29, 1.82) is 0 Å². The quantitative estimate of drug-likeness (QED) is 0.524. The van der Waals surface area contributed by atoms with E-state index in [9.17, 15) is 9.59 Å². The van der Waals surface area contributed by atoms with Crippen LogP contribution >= 0.6 is 0 Å². The minimum absolute atomic E-state index is 0.0901. The van der Waals surface area contributed by atoms with E-state index in [1.807, 2.05) is 34.0 Å². The number of hydrogen-bond acceptors (Lipinski definition) is 6. The maximum absolute atomic E-state index is 12.7. The lowest BCUT2D eigenvalue weighted by molar-refractivity contribution is -0.123. The van der Waals surface area contributed by atoms with Gasteiger partial charge in [-0.25, -0.2) is 4.79 Å². The minimum Gasteiger partial charge on any atom is -0.487 e. The molecule has 2 aliphatic rings. The Morgan fingerprint density at radius 2 is 1.91 bits per heavy atom. The number of carbonyl (C=O) groups excluding carboxylic acids is 1. The van der Waals surface area contributed by atoms with Gasteiger partial charge in [-0.2, -0.15) is 0 Å². The molecule has 1 aromatic heterocycles. The van der Waals surface area contributed by atoms with Gasteiger partial charge in [0, 0.05) is 23.7 Å². The van der Waals surface area contributed by atoms with Gasteiger partial charge in [-0.1, -0.05) is 0 Å². The Bertz CT molecular complexity index is 1070. The summed E-state index contributed by atoms with van der Waals surface area (Å²) in [6, 6.07) is 1.88. The Balaban J connectivity index is 1.66. The minimum atomic E-state index is -0.309. The van der Waals surface area contributed by atoms with Crippen molar-refractivity contribution in [2.45, 2.75) is 64.4 Å². The fourth-order valence-corrected chi connectivity index (χ4v) is 4.65. The van der Waals surface area contributed by atoms with Gasteiger partial charge in [0.25, 0.3) is 5.91 Å². The third kappa shape index (κ3) is 4.77. The highest BCUT2D eigenvalue weighted by molar-refractivity contribution is 5.92. The van der Waals surface area contributed by atoms with E-state index in [2.05, 4.69) is 10.2 Å². The number of hydrogen-bond donors (Lipinski definition) is 1. The van der Waals surface area contributed by atoms with Gasteiger partial charge in [0.05, 0.1) is 5.39 Å². The van der Waals surface area contributed by atoms with E-state index in [0.29, 0.717) is 23.6 Å². The highest BCUT2D eigenvalue weighted by Gasteiger charge is 2.32. The number of rotatable bonds is 7. The summed E-state index contributed by atoms with van der Waals surface area (Å²) in [4.78, 5) is 27.2. The summed E-state index contributed by atoms with van der Waals surface area (Å²) in [6.45, 7) is 5.52. The standard InChI is InChI=1S/C25H34N2O5/c1-25(2)11-10-18-19(32-25)14-20(30-15-21(28)26-12-7-13-27(3)4)22-16-8-5-6-9-17(16)24(29)31-23(18)22/h14H,5-13,15H2,1-4H3,(H,26,28). The molecule has 1 aromatic carbocycles. The Labute approximate surface area is 189 Å². The molecule has 2 aromatic rings. The van der Waals surface area contributed by atoms with Crippen LogP contribution in [0.15, 0.2) is 15.3 Å². The number of aryl methyl sites for hydroxylation is 2. The summed E-state index contributed by atoms with van der Waals surface area (Å²) >= 11 is 0. The fourth-order valence-electron chi connectivity index (χ4n) is 4.65. The summed E-state index contributed by atoms with van der Waals surface area (Å²) in [5.41, 5.74) is 2.68. The number of benzene rings is 1. The van der Waals surface area contributed by atoms with Crippen LogP contribution in [0.4, 0.5) is 0 Å². The van der Waals surface area contributed by atoms with Crippen LogP contribution in [-0.2, 0) is 24.1 Å². The van der Waals surface area contributed by atoms with Crippen LogP contribution in [0.5, 0.6) is 11.5 Å². The number of nitrogens with zero attached hydrogens (tertiary/aromatic N) is 1. The topological polar surface area (TPSA) is 81.0 Å². The summed E-state index contributed by atoms with van der Waals surface area (Å²) in [6.07, 6.45) is 6.03. The van der Waals surface area contributed by atoms with Crippen molar-refractivity contribution in [3.05, 3.63) is 33.2 Å². The van der Waals surface area contributed by atoms with Crippen LogP contribution in [0.25, 0.3) is 11.0 Å². The molecule has 0 radical (unpaired) electrons. The molecule has 7 heteroatoms. The number of nitrogens with one attached hydrogen (secondary N) is 1. The average molecular weight is 443 g/mol. The highest BCUT2D eigenvalue weighted by atomic mass is 16.5. The van der Waals surface area contributed by atoms with E-state index in [1.165, 1.54) is 0 Å². The smallest absolute Gasteiger partial charge is 0.339 e. The van der Waals surface area contributed by atoms with Gasteiger partial charge in [-0.05, 0) is 85.0 Å². The van der Waals surface area contributed by atoms with E-state index in [4.69, 9.17) is 13.9 Å². The first-order valence-electron chi connectivity index (χ1n) is 11.6. The fraction of sp³-hybridized carbons (Fsp3) is 0.600. The molecule has 0 bridgehead atoms. The van der Waals surface area contributed by atoms with Gasteiger partial charge in [0.2, 0.25) is 0 Å². The average Bonchev–Trinajstić information content (AvgIpc) is 2.74. The first-order chi connectivity index (χ1) is 15.2. The van der Waals surface area contributed by atoms with Gasteiger partial charge >= 0.3 is 5.63 Å². The summed E-state index contributed by atoms with van der Waals surface area (Å²) in [5.74, 6) is 1.07. The Morgan fingerprint density at radius 1 is 1.16 bits per heavy atom. The van der Waals surface area contributed by atoms with Crippen molar-refractivity contribution in [2.75, 3.05) is 33.8 Å². The third-order valence-corrected chi connectivity index (χ3v) is 6.34. The normalized spacial score (nSPS) is 16.9. The Hall–Kier alpha value is -2.54. The lowest BCUT2D eigenvalue weighted by Gasteiger charge is -2.33. The molecule has 32 heavy (non-hydrogen) atoms. The van der Waals surface area contributed by atoms with E-state index in [-0.39, 0.29) is 23.7 Å². The maximum Gasteiger partial charge on any atom is 0.339 e. The molecule has 2 heterocycles. The largest absolute Gasteiger partial charge is 0.487 e. The van der Waals surface area contributed by atoms with Crippen LogP contribution in [-0.4, -0.2) is 50.2 Å². The molecule has 1 aliphatic carbocycles. The molecule has 1 amide bonds. The molecule has 0 fully saturated rings. The van der Waals surface area contributed by atoms with Crippen LogP contribution < -0.4 is 20.4 Å². The molecule has 174 valence electrons. The predicted molar refractivity (Wildman–Crippen MR) is 124 cm³/mol. The Kier molecular flexibility index (Phi) is 6.47. The van der Waals surface area contributed by atoms with Crippen LogP contribution in [0.3, 0.4) is 0 Å². The molecule has 0 saturated carbocycles. The van der Waals surface area contributed by atoms with Gasteiger partial charge in [-0.3, -0.25) is 4.79 Å². The van der Waals surface area contributed by atoms with Crippen LogP contribution in [0.2, 0.25) is 0 Å². The second-order valence-electron chi connectivity index (χ2n) is 9.77. The van der Waals surface area contributed by atoms with E-state index in [0.717, 1.165) is 73.6 Å². The molecule has 0 unspecified atom stereocenters. The van der Waals surface area contributed by atoms with E-state index < -0.39 is 0 Å². The Morgan fingerprint density at radius 3 is 2.66 bits per heavy atom. The van der Waals surface area contributed by atoms with Crippen molar-refractivity contribution in [3.63, 3.8) is 0 Å². The first-order valence-corrected chi connectivity index (χ1v) is 11.6. The van der Waals surface area contributed by atoms with E-state index in [1.54, 1.807) is 0 Å². The molecule has 1 N–H and O–H groups in total. The van der Waals surface area contributed by atoms with Gasteiger partial charge < -0.3 is 24.1 Å². The van der Waals surface area contributed by atoms with Gasteiger partial charge in [0.1, 0.15) is 22.7 Å². The predicted octanol–water partition coefficient (Wildman–Crippen LogP) is 3.22. The lowest BCUT2D eigenvalue weighted by atomic mass is 9.87. The zero-order valence-corrected chi connectivity index (χ0v) is 19.6. The van der Waals surface area contributed by atoms with Crippen LogP contribution in [0.1, 0.15) is 56.2 Å². The van der Waals surface area contributed by atoms with Crippen molar-refractivity contribution >= 4 is 16.9 Å². The summed E-state index contributed by atoms with van der Waals surface area (Å²) < 4.78 is 18.1. The number of fused-ring (bicyclic) bond motifs is 5. The van der Waals surface area contributed by atoms with Crippen molar-refractivity contribution < 1.29 is 18.7 Å². The molecule has 0 saturated heterocycles. The molecular weight excluding hydrogens is 408 g/mol. The second kappa shape index (κ2) is 9.14. The molecule has 7 nitrogen and oxygen atoms in total. The molecular formula is C25H34N2O5. The van der Waals surface area contributed by atoms with Gasteiger partial charge in [0.15, 0.2) is 6.61 Å². The highest BCUT2D eigenvalue weighted by Crippen LogP contribution is 2.44. The van der Waals surface area contributed by atoms with Crippen molar-refractivity contribution in [1.82, 2.24) is 10.2 Å². The number of amides is 1. The maximum atomic E-state index is 12.7. The monoisotopic (exact) mass is 442 g/mol. The van der Waals surface area contributed by atoms with Crippen molar-refractivity contribution in [2.24, 2.45) is 0 Å². The molecule has 1 aliphatic heterocycles. The summed E-state index contributed by atoms with van der Waals surface area (Å²) in [7, 11) is 4.02. The second-order valence-corrected chi connectivity index (χ2v) is 9.77. The molecule has 0 spiro atoms. The first kappa shape index (κ1) is 22.6. The third-order valence-electron chi connectivity index (χ3n) is 6.34. The van der Waals surface area contributed by atoms with E-state index >= 15 is 0 Å². The number of ether oxygens (including phenoxy) is 2. The van der Waals surface area contributed by atoms with Gasteiger partial charge in [-0.15, -0.1) is 0 Å².